The van der Waals surface area contributed by atoms with Crippen LogP contribution in [-0.2, 0) is 0 Å². The predicted molar refractivity (Wildman–Crippen MR) is 50.3 cm³/mol. The molecule has 1 rings (SSSR count). The van der Waals surface area contributed by atoms with Gasteiger partial charge in [0.1, 0.15) is 0 Å². The SMILES string of the molecule is N#CCCC(=O)c1ccccc1C#N. The standard InChI is InChI=1S/C11H8N2O/c12-7-3-6-11(14)10-5-2-1-4-9(10)8-13/h1-2,4-5H,3,6H2. The van der Waals surface area contributed by atoms with Gasteiger partial charge in [0.25, 0.3) is 0 Å². The van der Waals surface area contributed by atoms with E-state index in [-0.39, 0.29) is 18.6 Å². The quantitative estimate of drug-likeness (QED) is 0.675. The van der Waals surface area contributed by atoms with E-state index in [0.717, 1.165) is 0 Å². The fraction of sp³-hybridized carbons (Fsp3) is 0.182. The predicted octanol–water partition coefficient (Wildman–Crippen LogP) is 2.04. The molecule has 3 nitrogen and oxygen atoms in total. The molecule has 0 unspecified atom stereocenters. The summed E-state index contributed by atoms with van der Waals surface area (Å²) in [7, 11) is 0. The highest BCUT2D eigenvalue weighted by atomic mass is 16.1. The van der Waals surface area contributed by atoms with Crippen molar-refractivity contribution in [2.75, 3.05) is 0 Å². The van der Waals surface area contributed by atoms with Gasteiger partial charge in [-0.05, 0) is 6.07 Å². The van der Waals surface area contributed by atoms with Crippen molar-refractivity contribution in [2.45, 2.75) is 12.8 Å². The summed E-state index contributed by atoms with van der Waals surface area (Å²) in [4.78, 5) is 11.5. The van der Waals surface area contributed by atoms with E-state index in [1.54, 1.807) is 24.3 Å². The fourth-order valence-electron chi connectivity index (χ4n) is 1.13. The summed E-state index contributed by atoms with van der Waals surface area (Å²) in [5, 5.41) is 17.0. The number of rotatable bonds is 3. The van der Waals surface area contributed by atoms with Gasteiger partial charge >= 0.3 is 0 Å². The van der Waals surface area contributed by atoms with Gasteiger partial charge in [0, 0.05) is 18.4 Å². The zero-order valence-electron chi connectivity index (χ0n) is 7.53. The summed E-state index contributed by atoms with van der Waals surface area (Å²) in [6, 6.07) is 10.5. The molecule has 1 aromatic carbocycles. The van der Waals surface area contributed by atoms with Crippen LogP contribution >= 0.6 is 0 Å². The first-order valence-corrected chi connectivity index (χ1v) is 4.19. The van der Waals surface area contributed by atoms with Gasteiger partial charge in [-0.2, -0.15) is 10.5 Å². The van der Waals surface area contributed by atoms with Crippen molar-refractivity contribution in [3.8, 4) is 12.1 Å². The summed E-state index contributed by atoms with van der Waals surface area (Å²) in [5.74, 6) is -0.149. The second-order valence-corrected chi connectivity index (χ2v) is 2.74. The molecular weight excluding hydrogens is 176 g/mol. The molecule has 3 heteroatoms. The Bertz CT molecular complexity index is 424. The Morgan fingerprint density at radius 3 is 2.64 bits per heavy atom. The molecule has 68 valence electrons. The highest BCUT2D eigenvalue weighted by Gasteiger charge is 2.09. The van der Waals surface area contributed by atoms with Crippen LogP contribution in [0.2, 0.25) is 0 Å². The highest BCUT2D eigenvalue weighted by molar-refractivity contribution is 5.98. The second-order valence-electron chi connectivity index (χ2n) is 2.74. The van der Waals surface area contributed by atoms with E-state index in [9.17, 15) is 4.79 Å². The Kier molecular flexibility index (Phi) is 3.41. The van der Waals surface area contributed by atoms with E-state index in [1.807, 2.05) is 12.1 Å². The average Bonchev–Trinajstić information content (AvgIpc) is 2.25. The van der Waals surface area contributed by atoms with Crippen molar-refractivity contribution in [1.29, 1.82) is 10.5 Å². The van der Waals surface area contributed by atoms with Crippen LogP contribution in [0.3, 0.4) is 0 Å². The summed E-state index contributed by atoms with van der Waals surface area (Å²) in [6.45, 7) is 0. The van der Waals surface area contributed by atoms with Gasteiger partial charge in [0.2, 0.25) is 0 Å². The van der Waals surface area contributed by atoms with Crippen LogP contribution in [0.1, 0.15) is 28.8 Å². The van der Waals surface area contributed by atoms with Crippen molar-refractivity contribution in [2.24, 2.45) is 0 Å². The minimum atomic E-state index is -0.149. The lowest BCUT2D eigenvalue weighted by atomic mass is 10.0. The monoisotopic (exact) mass is 184 g/mol. The Labute approximate surface area is 82.2 Å². The smallest absolute Gasteiger partial charge is 0.165 e. The molecule has 0 amide bonds. The molecule has 0 radical (unpaired) electrons. The van der Waals surface area contributed by atoms with E-state index in [4.69, 9.17) is 10.5 Å². The topological polar surface area (TPSA) is 64.7 Å². The third-order valence-electron chi connectivity index (χ3n) is 1.81. The largest absolute Gasteiger partial charge is 0.294 e. The van der Waals surface area contributed by atoms with Crippen LogP contribution in [0.15, 0.2) is 24.3 Å². The first-order chi connectivity index (χ1) is 6.79. The lowest BCUT2D eigenvalue weighted by Gasteiger charge is -1.99. The number of benzene rings is 1. The second kappa shape index (κ2) is 4.79. The molecule has 14 heavy (non-hydrogen) atoms. The third-order valence-corrected chi connectivity index (χ3v) is 1.81. The minimum Gasteiger partial charge on any atom is -0.294 e. The summed E-state index contributed by atoms with van der Waals surface area (Å²) >= 11 is 0. The fourth-order valence-corrected chi connectivity index (χ4v) is 1.13. The number of hydrogen-bond donors (Lipinski definition) is 0. The van der Waals surface area contributed by atoms with Gasteiger partial charge < -0.3 is 0 Å². The third kappa shape index (κ3) is 2.18. The average molecular weight is 184 g/mol. The maximum atomic E-state index is 11.5. The summed E-state index contributed by atoms with van der Waals surface area (Å²) < 4.78 is 0. The van der Waals surface area contributed by atoms with Gasteiger partial charge in [-0.15, -0.1) is 0 Å². The first-order valence-electron chi connectivity index (χ1n) is 4.19. The Hall–Kier alpha value is -2.13. The maximum Gasteiger partial charge on any atom is 0.165 e. The maximum absolute atomic E-state index is 11.5. The van der Waals surface area contributed by atoms with Crippen LogP contribution in [0, 0.1) is 22.7 Å². The molecule has 0 N–H and O–H groups in total. The molecule has 0 heterocycles. The molecule has 0 aliphatic rings. The molecule has 0 aliphatic heterocycles. The van der Waals surface area contributed by atoms with Crippen LogP contribution in [0.4, 0.5) is 0 Å². The van der Waals surface area contributed by atoms with E-state index >= 15 is 0 Å². The van der Waals surface area contributed by atoms with E-state index in [2.05, 4.69) is 0 Å². The van der Waals surface area contributed by atoms with Crippen LogP contribution in [0.25, 0.3) is 0 Å². The Balaban J connectivity index is 2.91. The molecule has 1 aromatic rings. The molecular formula is C11H8N2O. The number of carbonyl (C=O) groups is 1. The lowest BCUT2D eigenvalue weighted by Crippen LogP contribution is -2.01. The minimum absolute atomic E-state index is 0.149. The summed E-state index contributed by atoms with van der Waals surface area (Å²) in [6.07, 6.45) is 0.369. The van der Waals surface area contributed by atoms with Crippen LogP contribution in [-0.4, -0.2) is 5.78 Å². The number of carbonyl (C=O) groups excluding carboxylic acids is 1. The molecule has 0 bridgehead atoms. The molecule has 0 fully saturated rings. The zero-order chi connectivity index (χ0) is 10.4. The number of Topliss-reactive ketones (excluding diaryl/α,β-unsaturated/α-hetero) is 1. The molecule has 0 aromatic heterocycles. The zero-order valence-corrected chi connectivity index (χ0v) is 7.53. The number of hydrogen-bond acceptors (Lipinski definition) is 3. The number of nitrogens with zero attached hydrogens (tertiary/aromatic N) is 2. The number of ketones is 1. The van der Waals surface area contributed by atoms with Crippen molar-refractivity contribution in [3.05, 3.63) is 35.4 Å². The normalized spacial score (nSPS) is 8.71. The molecule has 0 atom stereocenters. The van der Waals surface area contributed by atoms with Crippen LogP contribution < -0.4 is 0 Å². The van der Waals surface area contributed by atoms with E-state index < -0.39 is 0 Å². The van der Waals surface area contributed by atoms with Crippen LogP contribution in [0.5, 0.6) is 0 Å². The van der Waals surface area contributed by atoms with Gasteiger partial charge in [-0.1, -0.05) is 18.2 Å². The van der Waals surface area contributed by atoms with Crippen molar-refractivity contribution in [1.82, 2.24) is 0 Å². The molecule has 0 spiro atoms. The summed E-state index contributed by atoms with van der Waals surface area (Å²) in [5.41, 5.74) is 0.778. The Morgan fingerprint density at radius 1 is 1.29 bits per heavy atom. The van der Waals surface area contributed by atoms with E-state index in [0.29, 0.717) is 11.1 Å². The van der Waals surface area contributed by atoms with Gasteiger partial charge in [-0.25, -0.2) is 0 Å². The van der Waals surface area contributed by atoms with Gasteiger partial charge in [0.15, 0.2) is 5.78 Å². The van der Waals surface area contributed by atoms with Crippen molar-refractivity contribution < 1.29 is 4.79 Å². The Morgan fingerprint density at radius 2 is 2.00 bits per heavy atom. The van der Waals surface area contributed by atoms with E-state index in [1.165, 1.54) is 0 Å². The van der Waals surface area contributed by atoms with Crippen molar-refractivity contribution in [3.63, 3.8) is 0 Å². The molecule has 0 saturated carbocycles. The molecule has 0 aliphatic carbocycles. The van der Waals surface area contributed by atoms with Gasteiger partial charge in [0.05, 0.1) is 17.7 Å². The molecule has 0 saturated heterocycles. The number of nitriles is 2. The van der Waals surface area contributed by atoms with Crippen molar-refractivity contribution >= 4 is 5.78 Å². The first kappa shape index (κ1) is 9.95. The lowest BCUT2D eigenvalue weighted by molar-refractivity contribution is 0.0984. The highest BCUT2D eigenvalue weighted by Crippen LogP contribution is 2.10. The van der Waals surface area contributed by atoms with Gasteiger partial charge in [-0.3, -0.25) is 4.79 Å².